The lowest BCUT2D eigenvalue weighted by Gasteiger charge is -2.02. The zero-order valence-electron chi connectivity index (χ0n) is 11.0. The Morgan fingerprint density at radius 1 is 1.24 bits per heavy atom. The summed E-state index contributed by atoms with van der Waals surface area (Å²) in [4.78, 5) is 18.3. The first-order chi connectivity index (χ1) is 10.1. The summed E-state index contributed by atoms with van der Waals surface area (Å²) in [5.74, 6) is 0.194. The van der Waals surface area contributed by atoms with E-state index in [0.29, 0.717) is 16.3 Å². The third kappa shape index (κ3) is 3.33. The lowest BCUT2D eigenvalue weighted by molar-refractivity contribution is 0.0739. The molecule has 0 radical (unpaired) electrons. The minimum atomic E-state index is -0.353. The summed E-state index contributed by atoms with van der Waals surface area (Å²) < 4.78 is 6.50. The van der Waals surface area contributed by atoms with Crippen molar-refractivity contribution < 1.29 is 9.53 Å². The van der Waals surface area contributed by atoms with Crippen LogP contribution < -0.4 is 4.74 Å². The summed E-state index contributed by atoms with van der Waals surface area (Å²) >= 11 is 5.19. The molecular weight excluding hydrogens is 417 g/mol. The van der Waals surface area contributed by atoms with Crippen molar-refractivity contribution in [2.45, 2.75) is 6.92 Å². The first kappa shape index (κ1) is 14.7. The Kier molecular flexibility index (Phi) is 4.37. The molecule has 0 aliphatic heterocycles. The van der Waals surface area contributed by atoms with E-state index in [0.717, 1.165) is 13.5 Å². The minimum Gasteiger partial charge on any atom is -0.422 e. The van der Waals surface area contributed by atoms with Gasteiger partial charge in [0, 0.05) is 3.57 Å². The summed E-state index contributed by atoms with van der Waals surface area (Å²) in [6, 6.07) is 11.4. The van der Waals surface area contributed by atoms with E-state index in [1.54, 1.807) is 23.5 Å². The number of nitrogens with zero attached hydrogens (tertiary/aromatic N) is 1. The Bertz CT molecular complexity index is 764. The zero-order valence-corrected chi connectivity index (χ0v) is 14.8. The van der Waals surface area contributed by atoms with Crippen LogP contribution in [0.5, 0.6) is 5.75 Å². The first-order valence-corrected chi connectivity index (χ1v) is 8.90. The zero-order chi connectivity index (χ0) is 14.8. The molecule has 1 aromatic carbocycles. The van der Waals surface area contributed by atoms with Crippen LogP contribution in [0.2, 0.25) is 0 Å². The van der Waals surface area contributed by atoms with Crippen LogP contribution in [-0.4, -0.2) is 11.0 Å². The predicted molar refractivity (Wildman–Crippen MR) is 94.3 cm³/mol. The molecule has 0 fully saturated rings. The Balaban J connectivity index is 1.83. The highest BCUT2D eigenvalue weighted by molar-refractivity contribution is 14.1. The Morgan fingerprint density at radius 3 is 2.67 bits per heavy atom. The van der Waals surface area contributed by atoms with E-state index >= 15 is 0 Å². The number of esters is 1. The number of carbonyl (C=O) groups excluding carboxylic acids is 1. The quantitative estimate of drug-likeness (QED) is 0.335. The minimum absolute atomic E-state index is 0.353. The number of aryl methyl sites for hydroxylation is 1. The van der Waals surface area contributed by atoms with Gasteiger partial charge in [0.05, 0.1) is 10.6 Å². The van der Waals surface area contributed by atoms with Crippen molar-refractivity contribution in [3.63, 3.8) is 0 Å². The van der Waals surface area contributed by atoms with Gasteiger partial charge in [0.15, 0.2) is 0 Å². The average Bonchev–Trinajstić information content (AvgIpc) is 3.10. The van der Waals surface area contributed by atoms with Crippen molar-refractivity contribution in [1.82, 2.24) is 4.98 Å². The van der Waals surface area contributed by atoms with Crippen LogP contribution >= 0.6 is 45.3 Å². The number of rotatable bonds is 3. The first-order valence-electron chi connectivity index (χ1n) is 6.12. The maximum Gasteiger partial charge on any atom is 0.355 e. The van der Waals surface area contributed by atoms with Gasteiger partial charge in [-0.3, -0.25) is 0 Å². The van der Waals surface area contributed by atoms with Crippen molar-refractivity contribution in [3.8, 4) is 15.6 Å². The summed E-state index contributed by atoms with van der Waals surface area (Å²) in [5, 5.41) is 2.85. The molecule has 3 aromatic rings. The number of aromatic nitrogens is 1. The highest BCUT2D eigenvalue weighted by atomic mass is 127. The predicted octanol–water partition coefficient (Wildman–Crippen LogP) is 5.00. The van der Waals surface area contributed by atoms with E-state index in [9.17, 15) is 4.79 Å². The fourth-order valence-electron chi connectivity index (χ4n) is 1.75. The molecule has 0 atom stereocenters. The number of ether oxygens (including phenoxy) is 1. The van der Waals surface area contributed by atoms with E-state index in [2.05, 4.69) is 27.6 Å². The van der Waals surface area contributed by atoms with Gasteiger partial charge < -0.3 is 4.74 Å². The molecule has 3 rings (SSSR count). The van der Waals surface area contributed by atoms with E-state index in [1.807, 2.05) is 36.6 Å². The van der Waals surface area contributed by atoms with Crippen LogP contribution in [0.3, 0.4) is 0 Å². The largest absolute Gasteiger partial charge is 0.422 e. The van der Waals surface area contributed by atoms with E-state index in [4.69, 9.17) is 4.74 Å². The summed E-state index contributed by atoms with van der Waals surface area (Å²) in [5.41, 5.74) is 0.707. The average molecular weight is 427 g/mol. The molecule has 0 spiro atoms. The van der Waals surface area contributed by atoms with Crippen molar-refractivity contribution in [3.05, 3.63) is 55.9 Å². The number of thiazole rings is 1. The number of benzene rings is 1. The molecule has 0 unspecified atom stereocenters. The second-order valence-electron chi connectivity index (χ2n) is 4.25. The number of thiophene rings is 1. The standard InChI is InChI=1S/C15H10INO2S2/c1-9-13(21-14(17-9)12-3-2-8-20-12)15(18)19-11-6-4-10(16)5-7-11/h2-8H,1H3. The smallest absolute Gasteiger partial charge is 0.355 e. The van der Waals surface area contributed by atoms with Crippen molar-refractivity contribution in [1.29, 1.82) is 0 Å². The van der Waals surface area contributed by atoms with Crippen LogP contribution in [0.4, 0.5) is 0 Å². The lowest BCUT2D eigenvalue weighted by atomic mass is 10.3. The topological polar surface area (TPSA) is 39.2 Å². The van der Waals surface area contributed by atoms with Gasteiger partial charge in [0.25, 0.3) is 0 Å². The van der Waals surface area contributed by atoms with E-state index in [1.165, 1.54) is 11.3 Å². The fourth-order valence-corrected chi connectivity index (χ4v) is 3.85. The Hall–Kier alpha value is -1.25. The van der Waals surface area contributed by atoms with Gasteiger partial charge in [-0.25, -0.2) is 9.78 Å². The van der Waals surface area contributed by atoms with Crippen LogP contribution in [0.25, 0.3) is 9.88 Å². The third-order valence-corrected chi connectivity index (χ3v) is 5.63. The molecule has 0 saturated heterocycles. The van der Waals surface area contributed by atoms with Crippen molar-refractivity contribution >= 4 is 51.2 Å². The summed E-state index contributed by atoms with van der Waals surface area (Å²) in [7, 11) is 0. The lowest BCUT2D eigenvalue weighted by Crippen LogP contribution is -2.07. The molecule has 0 N–H and O–H groups in total. The number of carbonyl (C=O) groups is 1. The number of halogens is 1. The van der Waals surface area contributed by atoms with E-state index < -0.39 is 0 Å². The van der Waals surface area contributed by atoms with Crippen molar-refractivity contribution in [2.24, 2.45) is 0 Å². The molecule has 0 bridgehead atoms. The molecule has 2 aromatic heterocycles. The number of hydrogen-bond acceptors (Lipinski definition) is 5. The van der Waals surface area contributed by atoms with Gasteiger partial charge in [-0.1, -0.05) is 6.07 Å². The maximum absolute atomic E-state index is 12.3. The van der Waals surface area contributed by atoms with Crippen LogP contribution in [0.15, 0.2) is 41.8 Å². The number of hydrogen-bond donors (Lipinski definition) is 0. The fraction of sp³-hybridized carbons (Fsp3) is 0.0667. The van der Waals surface area contributed by atoms with Crippen molar-refractivity contribution in [2.75, 3.05) is 0 Å². The molecular formula is C15H10INO2S2. The second-order valence-corrected chi connectivity index (χ2v) is 7.45. The molecule has 106 valence electrons. The Morgan fingerprint density at radius 2 is 2.00 bits per heavy atom. The van der Waals surface area contributed by atoms with Crippen LogP contribution in [-0.2, 0) is 0 Å². The second kappa shape index (κ2) is 6.25. The molecule has 21 heavy (non-hydrogen) atoms. The van der Waals surface area contributed by atoms with Gasteiger partial charge >= 0.3 is 5.97 Å². The van der Waals surface area contributed by atoms with Gasteiger partial charge in [0.2, 0.25) is 0 Å². The summed E-state index contributed by atoms with van der Waals surface area (Å²) in [6.07, 6.45) is 0. The van der Waals surface area contributed by atoms with Gasteiger partial charge in [0.1, 0.15) is 15.6 Å². The molecule has 0 amide bonds. The highest BCUT2D eigenvalue weighted by Gasteiger charge is 2.18. The highest BCUT2D eigenvalue weighted by Crippen LogP contribution is 2.31. The molecule has 3 nitrogen and oxygen atoms in total. The van der Waals surface area contributed by atoms with Crippen LogP contribution in [0, 0.1) is 10.5 Å². The van der Waals surface area contributed by atoms with Gasteiger partial charge in [-0.15, -0.1) is 22.7 Å². The van der Waals surface area contributed by atoms with Gasteiger partial charge in [-0.05, 0) is 65.2 Å². The third-order valence-electron chi connectivity index (χ3n) is 2.74. The molecule has 0 aliphatic rings. The summed E-state index contributed by atoms with van der Waals surface area (Å²) in [6.45, 7) is 1.83. The van der Waals surface area contributed by atoms with Gasteiger partial charge in [-0.2, -0.15) is 0 Å². The van der Waals surface area contributed by atoms with E-state index in [-0.39, 0.29) is 5.97 Å². The normalized spacial score (nSPS) is 10.6. The Labute approximate surface area is 143 Å². The monoisotopic (exact) mass is 427 g/mol. The maximum atomic E-state index is 12.3. The van der Waals surface area contributed by atoms with Crippen LogP contribution in [0.1, 0.15) is 15.4 Å². The molecule has 6 heteroatoms. The molecule has 2 heterocycles. The SMILES string of the molecule is Cc1nc(-c2cccs2)sc1C(=O)Oc1ccc(I)cc1. The molecule has 0 aliphatic carbocycles. The molecule has 0 saturated carbocycles.